The van der Waals surface area contributed by atoms with Gasteiger partial charge in [-0.1, -0.05) is 0 Å². The highest BCUT2D eigenvalue weighted by molar-refractivity contribution is 7.94. The van der Waals surface area contributed by atoms with Crippen LogP contribution in [0.2, 0.25) is 0 Å². The number of aldehydes is 1. The molecule has 1 heterocycles. The lowest BCUT2D eigenvalue weighted by atomic mass is 10.4. The molecule has 0 saturated heterocycles. The van der Waals surface area contributed by atoms with Gasteiger partial charge in [0, 0.05) is 5.56 Å². The fraction of sp³-hybridized carbons (Fsp3) is 0.375. The number of thiophene rings is 1. The molecule has 0 N–H and O–H groups in total. The molecule has 1 aliphatic carbocycles. The van der Waals surface area contributed by atoms with E-state index in [4.69, 9.17) is 0 Å². The summed E-state index contributed by atoms with van der Waals surface area (Å²) in [6.07, 6.45) is 2.07. The molecular formula is C8H8O3S2. The van der Waals surface area contributed by atoms with Gasteiger partial charge >= 0.3 is 0 Å². The molecular weight excluding hydrogens is 208 g/mol. The molecule has 13 heavy (non-hydrogen) atoms. The molecule has 3 nitrogen and oxygen atoms in total. The Kier molecular flexibility index (Phi) is 2.00. The topological polar surface area (TPSA) is 51.2 Å². The summed E-state index contributed by atoms with van der Waals surface area (Å²) in [6.45, 7) is 0. The van der Waals surface area contributed by atoms with Gasteiger partial charge in [-0.15, -0.1) is 11.3 Å². The van der Waals surface area contributed by atoms with Crippen LogP contribution in [-0.2, 0) is 9.84 Å². The van der Waals surface area contributed by atoms with Crippen molar-refractivity contribution >= 4 is 27.5 Å². The van der Waals surface area contributed by atoms with Gasteiger partial charge < -0.3 is 0 Å². The third-order valence-corrected chi connectivity index (χ3v) is 5.82. The molecule has 1 saturated carbocycles. The van der Waals surface area contributed by atoms with E-state index in [0.717, 1.165) is 24.2 Å². The van der Waals surface area contributed by atoms with Crippen LogP contribution in [-0.4, -0.2) is 20.0 Å². The Hall–Kier alpha value is -0.680. The maximum absolute atomic E-state index is 11.7. The monoisotopic (exact) mass is 216 g/mol. The Balaban J connectivity index is 2.50. The Labute approximate surface area is 80.3 Å². The lowest BCUT2D eigenvalue weighted by molar-refractivity contribution is 0.112. The number of carbonyl (C=O) groups excluding carboxylic acids is 1. The van der Waals surface area contributed by atoms with E-state index in [9.17, 15) is 13.2 Å². The summed E-state index contributed by atoms with van der Waals surface area (Å²) in [7, 11) is -3.18. The Bertz CT molecular complexity index is 426. The number of rotatable bonds is 3. The number of hydrogen-bond acceptors (Lipinski definition) is 4. The van der Waals surface area contributed by atoms with E-state index in [1.165, 1.54) is 0 Å². The van der Waals surface area contributed by atoms with Crippen LogP contribution in [0.1, 0.15) is 23.2 Å². The molecule has 2 rings (SSSR count). The van der Waals surface area contributed by atoms with Crippen LogP contribution in [0.15, 0.2) is 15.7 Å². The standard InChI is InChI=1S/C8H8O3S2/c9-5-6-3-4-12-8(6)13(10,11)7-1-2-7/h3-5,7H,1-2H2. The molecule has 1 aliphatic rings. The van der Waals surface area contributed by atoms with E-state index in [2.05, 4.69) is 0 Å². The van der Waals surface area contributed by atoms with E-state index in [0.29, 0.717) is 11.8 Å². The molecule has 70 valence electrons. The van der Waals surface area contributed by atoms with Crippen LogP contribution in [0.4, 0.5) is 0 Å². The molecule has 0 aromatic carbocycles. The van der Waals surface area contributed by atoms with Crippen LogP contribution in [0.3, 0.4) is 0 Å². The van der Waals surface area contributed by atoms with Crippen LogP contribution >= 0.6 is 11.3 Å². The third kappa shape index (κ3) is 1.42. The van der Waals surface area contributed by atoms with E-state index in [1.54, 1.807) is 11.4 Å². The molecule has 0 aliphatic heterocycles. The van der Waals surface area contributed by atoms with Crippen LogP contribution < -0.4 is 0 Å². The van der Waals surface area contributed by atoms with Crippen LogP contribution in [0.25, 0.3) is 0 Å². The zero-order valence-corrected chi connectivity index (χ0v) is 8.40. The smallest absolute Gasteiger partial charge is 0.191 e. The van der Waals surface area contributed by atoms with E-state index in [1.807, 2.05) is 0 Å². The van der Waals surface area contributed by atoms with Crippen LogP contribution in [0.5, 0.6) is 0 Å². The zero-order valence-electron chi connectivity index (χ0n) is 6.76. The summed E-state index contributed by atoms with van der Waals surface area (Å²) < 4.78 is 23.6. The van der Waals surface area contributed by atoms with Gasteiger partial charge in [-0.25, -0.2) is 8.42 Å². The van der Waals surface area contributed by atoms with Crippen molar-refractivity contribution in [2.75, 3.05) is 0 Å². The highest BCUT2D eigenvalue weighted by Gasteiger charge is 2.38. The van der Waals surface area contributed by atoms with Crippen molar-refractivity contribution in [3.05, 3.63) is 17.0 Å². The van der Waals surface area contributed by atoms with Crippen molar-refractivity contribution in [2.24, 2.45) is 0 Å². The summed E-state index contributed by atoms with van der Waals surface area (Å²) in [5.41, 5.74) is 0.303. The van der Waals surface area contributed by atoms with E-state index >= 15 is 0 Å². The first-order chi connectivity index (χ1) is 6.16. The highest BCUT2D eigenvalue weighted by Crippen LogP contribution is 2.36. The van der Waals surface area contributed by atoms with Gasteiger partial charge in [0.1, 0.15) is 4.21 Å². The molecule has 0 bridgehead atoms. The van der Waals surface area contributed by atoms with Gasteiger partial charge in [-0.3, -0.25) is 4.79 Å². The van der Waals surface area contributed by atoms with Gasteiger partial charge in [-0.05, 0) is 24.3 Å². The molecule has 0 spiro atoms. The number of carbonyl (C=O) groups is 1. The summed E-state index contributed by atoms with van der Waals surface area (Å²) >= 11 is 1.13. The zero-order chi connectivity index (χ0) is 9.47. The van der Waals surface area contributed by atoms with Crippen molar-refractivity contribution in [3.63, 3.8) is 0 Å². The van der Waals surface area contributed by atoms with Gasteiger partial charge in [0.15, 0.2) is 16.1 Å². The van der Waals surface area contributed by atoms with Crippen molar-refractivity contribution in [2.45, 2.75) is 22.3 Å². The fourth-order valence-electron chi connectivity index (χ4n) is 1.15. The predicted molar refractivity (Wildman–Crippen MR) is 49.9 cm³/mol. The lowest BCUT2D eigenvalue weighted by Gasteiger charge is -1.98. The molecule has 0 atom stereocenters. The van der Waals surface area contributed by atoms with Crippen molar-refractivity contribution in [1.82, 2.24) is 0 Å². The quantitative estimate of drug-likeness (QED) is 0.719. The first-order valence-corrected chi connectivity index (χ1v) is 6.35. The number of sulfone groups is 1. The fourth-order valence-corrected chi connectivity index (χ4v) is 4.36. The largest absolute Gasteiger partial charge is 0.298 e. The van der Waals surface area contributed by atoms with Crippen molar-refractivity contribution in [1.29, 1.82) is 0 Å². The first-order valence-electron chi connectivity index (χ1n) is 3.93. The molecule has 1 aromatic rings. The SMILES string of the molecule is O=Cc1ccsc1S(=O)(=O)C1CC1. The molecule has 1 fully saturated rings. The Morgan fingerprint density at radius 2 is 2.15 bits per heavy atom. The Morgan fingerprint density at radius 3 is 2.69 bits per heavy atom. The third-order valence-electron chi connectivity index (χ3n) is 2.01. The number of hydrogen-bond donors (Lipinski definition) is 0. The van der Waals surface area contributed by atoms with Gasteiger partial charge in [0.05, 0.1) is 5.25 Å². The molecule has 5 heteroatoms. The maximum Gasteiger partial charge on any atom is 0.191 e. The molecule has 1 aromatic heterocycles. The van der Waals surface area contributed by atoms with E-state index in [-0.39, 0.29) is 9.46 Å². The highest BCUT2D eigenvalue weighted by atomic mass is 32.2. The predicted octanol–water partition coefficient (Wildman–Crippen LogP) is 1.50. The second-order valence-corrected chi connectivity index (χ2v) is 6.37. The minimum atomic E-state index is -3.18. The minimum Gasteiger partial charge on any atom is -0.298 e. The summed E-state index contributed by atoms with van der Waals surface area (Å²) in [4.78, 5) is 10.5. The van der Waals surface area contributed by atoms with Crippen molar-refractivity contribution in [3.8, 4) is 0 Å². The molecule has 0 amide bonds. The second kappa shape index (κ2) is 2.92. The van der Waals surface area contributed by atoms with Gasteiger partial charge in [0.25, 0.3) is 0 Å². The van der Waals surface area contributed by atoms with Crippen LogP contribution in [0, 0.1) is 0 Å². The first kappa shape index (κ1) is 8.90. The lowest BCUT2D eigenvalue weighted by Crippen LogP contribution is -2.06. The summed E-state index contributed by atoms with van der Waals surface area (Å²) in [6, 6.07) is 1.55. The van der Waals surface area contributed by atoms with Crippen molar-refractivity contribution < 1.29 is 13.2 Å². The minimum absolute atomic E-state index is 0.232. The molecule has 0 unspecified atom stereocenters. The molecule has 0 radical (unpaired) electrons. The second-order valence-electron chi connectivity index (χ2n) is 3.03. The maximum atomic E-state index is 11.7. The summed E-state index contributed by atoms with van der Waals surface area (Å²) in [5, 5.41) is 1.41. The summed E-state index contributed by atoms with van der Waals surface area (Å²) in [5.74, 6) is 0. The van der Waals surface area contributed by atoms with Gasteiger partial charge in [0.2, 0.25) is 0 Å². The average Bonchev–Trinajstić information content (AvgIpc) is 2.84. The normalized spacial score (nSPS) is 17.2. The van der Waals surface area contributed by atoms with Gasteiger partial charge in [-0.2, -0.15) is 0 Å². The average molecular weight is 216 g/mol. The van der Waals surface area contributed by atoms with E-state index < -0.39 is 9.84 Å². The Morgan fingerprint density at radius 1 is 1.46 bits per heavy atom.